The van der Waals surface area contributed by atoms with Crippen molar-refractivity contribution in [3.8, 4) is 11.5 Å². The van der Waals surface area contributed by atoms with Gasteiger partial charge in [-0.25, -0.2) is 0 Å². The van der Waals surface area contributed by atoms with Gasteiger partial charge >= 0.3 is 0 Å². The zero-order chi connectivity index (χ0) is 17.1. The molecule has 0 aliphatic carbocycles. The Kier molecular flexibility index (Phi) is 4.89. The highest BCUT2D eigenvalue weighted by molar-refractivity contribution is 7.99. The van der Waals surface area contributed by atoms with Crippen molar-refractivity contribution in [2.24, 2.45) is 0 Å². The minimum Gasteiger partial charge on any atom is -0.454 e. The van der Waals surface area contributed by atoms with Gasteiger partial charge in [-0.15, -0.1) is 0 Å². The Morgan fingerprint density at radius 3 is 2.58 bits per heavy atom. The molecule has 1 aliphatic heterocycles. The summed E-state index contributed by atoms with van der Waals surface area (Å²) in [5.74, 6) is -1.29. The minimum absolute atomic E-state index is 0.179. The first kappa shape index (κ1) is 16.6. The lowest BCUT2D eigenvalue weighted by Gasteiger charge is -2.17. The first-order chi connectivity index (χ1) is 11.5. The Hall–Kier alpha value is -2.28. The van der Waals surface area contributed by atoms with Gasteiger partial charge in [-0.3, -0.25) is 4.79 Å². The Labute approximate surface area is 142 Å². The van der Waals surface area contributed by atoms with Crippen LogP contribution in [0.15, 0.2) is 47.4 Å². The first-order valence-electron chi connectivity index (χ1n) is 7.22. The van der Waals surface area contributed by atoms with Crippen molar-refractivity contribution in [3.63, 3.8) is 0 Å². The number of benzene rings is 2. The second-order valence-electron chi connectivity index (χ2n) is 5.25. The van der Waals surface area contributed by atoms with Crippen LogP contribution < -0.4 is 9.47 Å². The van der Waals surface area contributed by atoms with Crippen molar-refractivity contribution in [3.05, 3.63) is 53.6 Å². The summed E-state index contributed by atoms with van der Waals surface area (Å²) in [7, 11) is 1.69. The summed E-state index contributed by atoms with van der Waals surface area (Å²) in [6.45, 7) is 0.611. The Balaban J connectivity index is 1.66. The number of fused-ring (bicyclic) bond motifs is 1. The number of amides is 1. The molecule has 2 aromatic carbocycles. The van der Waals surface area contributed by atoms with Crippen molar-refractivity contribution in [1.82, 2.24) is 4.90 Å². The summed E-state index contributed by atoms with van der Waals surface area (Å²) < 4.78 is 35.2. The number of hydrogen-bond donors (Lipinski definition) is 0. The van der Waals surface area contributed by atoms with Crippen molar-refractivity contribution in [2.45, 2.75) is 17.2 Å². The van der Waals surface area contributed by atoms with Crippen LogP contribution in [0.1, 0.15) is 15.9 Å². The number of hydrogen-bond acceptors (Lipinski definition) is 4. The van der Waals surface area contributed by atoms with Gasteiger partial charge in [-0.05, 0) is 42.0 Å². The van der Waals surface area contributed by atoms with E-state index in [2.05, 4.69) is 0 Å². The molecule has 24 heavy (non-hydrogen) atoms. The maximum Gasteiger partial charge on any atom is 0.288 e. The third-order valence-electron chi connectivity index (χ3n) is 3.53. The lowest BCUT2D eigenvalue weighted by Crippen LogP contribution is -2.26. The molecule has 1 amide bonds. The molecule has 1 heterocycles. The fraction of sp³-hybridized carbons (Fsp3) is 0.235. The lowest BCUT2D eigenvalue weighted by atomic mass is 10.1. The molecule has 3 rings (SSSR count). The summed E-state index contributed by atoms with van der Waals surface area (Å²) in [5, 5.41) is 0. The standard InChI is InChI=1S/C17H15F2NO3S/c1-20(9-11-2-7-14-15(8-11)23-10-22-14)16(21)12-3-5-13(6-4-12)24-17(18)19/h2-8,17H,9-10H2,1H3. The molecule has 0 fully saturated rings. The second kappa shape index (κ2) is 7.09. The monoisotopic (exact) mass is 351 g/mol. The lowest BCUT2D eigenvalue weighted by molar-refractivity contribution is 0.0785. The predicted octanol–water partition coefficient (Wildman–Crippen LogP) is 4.00. The van der Waals surface area contributed by atoms with Crippen molar-refractivity contribution in [2.75, 3.05) is 13.8 Å². The third kappa shape index (κ3) is 3.79. The maximum atomic E-state index is 12.4. The molecule has 0 saturated carbocycles. The van der Waals surface area contributed by atoms with E-state index >= 15 is 0 Å². The van der Waals surface area contributed by atoms with E-state index in [-0.39, 0.29) is 12.7 Å². The number of nitrogens with zero attached hydrogens (tertiary/aromatic N) is 1. The molecule has 1 aliphatic rings. The van der Waals surface area contributed by atoms with Crippen LogP contribution in [0.2, 0.25) is 0 Å². The zero-order valence-corrected chi connectivity index (χ0v) is 13.7. The predicted molar refractivity (Wildman–Crippen MR) is 86.7 cm³/mol. The Morgan fingerprint density at radius 1 is 1.17 bits per heavy atom. The Morgan fingerprint density at radius 2 is 1.88 bits per heavy atom. The molecule has 0 spiro atoms. The molecule has 0 saturated heterocycles. The summed E-state index contributed by atoms with van der Waals surface area (Å²) in [6.07, 6.45) is 0. The van der Waals surface area contributed by atoms with Gasteiger partial charge in [0.25, 0.3) is 11.7 Å². The SMILES string of the molecule is CN(Cc1ccc2c(c1)OCO2)C(=O)c1ccc(SC(F)F)cc1. The molecular formula is C17H15F2NO3S. The highest BCUT2D eigenvalue weighted by atomic mass is 32.2. The quantitative estimate of drug-likeness (QED) is 0.763. The van der Waals surface area contributed by atoms with Gasteiger partial charge < -0.3 is 14.4 Å². The van der Waals surface area contributed by atoms with Crippen LogP contribution in [-0.2, 0) is 6.54 Å². The van der Waals surface area contributed by atoms with E-state index in [1.54, 1.807) is 24.1 Å². The van der Waals surface area contributed by atoms with E-state index in [9.17, 15) is 13.6 Å². The molecule has 4 nitrogen and oxygen atoms in total. The molecule has 0 atom stereocenters. The third-order valence-corrected chi connectivity index (χ3v) is 4.25. The number of ether oxygens (including phenoxy) is 2. The van der Waals surface area contributed by atoms with Gasteiger partial charge in [0.05, 0.1) is 0 Å². The fourth-order valence-electron chi connectivity index (χ4n) is 2.38. The van der Waals surface area contributed by atoms with E-state index in [1.807, 2.05) is 18.2 Å². The van der Waals surface area contributed by atoms with E-state index in [0.29, 0.717) is 40.3 Å². The highest BCUT2D eigenvalue weighted by Gasteiger charge is 2.16. The Bertz CT molecular complexity index is 737. The van der Waals surface area contributed by atoms with E-state index in [0.717, 1.165) is 5.56 Å². The summed E-state index contributed by atoms with van der Waals surface area (Å²) >= 11 is 0.457. The maximum absolute atomic E-state index is 12.4. The van der Waals surface area contributed by atoms with Gasteiger partial charge in [0, 0.05) is 24.1 Å². The topological polar surface area (TPSA) is 38.8 Å². The van der Waals surface area contributed by atoms with Gasteiger partial charge in [0.2, 0.25) is 6.79 Å². The van der Waals surface area contributed by atoms with Crippen molar-refractivity contribution < 1.29 is 23.0 Å². The fourth-order valence-corrected chi connectivity index (χ4v) is 2.88. The summed E-state index contributed by atoms with van der Waals surface area (Å²) in [4.78, 5) is 14.4. The highest BCUT2D eigenvalue weighted by Crippen LogP contribution is 2.32. The zero-order valence-electron chi connectivity index (χ0n) is 12.9. The number of rotatable bonds is 5. The van der Waals surface area contributed by atoms with Gasteiger partial charge in [0.15, 0.2) is 11.5 Å². The van der Waals surface area contributed by atoms with E-state index < -0.39 is 5.76 Å². The first-order valence-corrected chi connectivity index (χ1v) is 8.10. The van der Waals surface area contributed by atoms with E-state index in [4.69, 9.17) is 9.47 Å². The number of carbonyl (C=O) groups excluding carboxylic acids is 1. The molecular weight excluding hydrogens is 336 g/mol. The molecule has 0 bridgehead atoms. The van der Waals surface area contributed by atoms with Crippen LogP contribution in [0.25, 0.3) is 0 Å². The normalized spacial score (nSPS) is 12.5. The minimum atomic E-state index is -2.47. The van der Waals surface area contributed by atoms with Gasteiger partial charge in [-0.2, -0.15) is 8.78 Å². The number of halogens is 2. The molecule has 0 unspecified atom stereocenters. The molecule has 126 valence electrons. The molecule has 0 N–H and O–H groups in total. The summed E-state index contributed by atoms with van der Waals surface area (Å²) in [5.41, 5.74) is 1.37. The van der Waals surface area contributed by atoms with Crippen molar-refractivity contribution >= 4 is 17.7 Å². The number of alkyl halides is 2. The average molecular weight is 351 g/mol. The summed E-state index contributed by atoms with van der Waals surface area (Å²) in [6, 6.07) is 11.7. The molecule has 0 radical (unpaired) electrons. The van der Waals surface area contributed by atoms with Crippen LogP contribution in [0.4, 0.5) is 8.78 Å². The smallest absolute Gasteiger partial charge is 0.288 e. The van der Waals surface area contributed by atoms with Crippen LogP contribution in [0.3, 0.4) is 0 Å². The molecule has 0 aromatic heterocycles. The molecule has 2 aromatic rings. The number of thioether (sulfide) groups is 1. The molecule has 7 heteroatoms. The average Bonchev–Trinajstić information content (AvgIpc) is 3.02. The number of carbonyl (C=O) groups is 1. The van der Waals surface area contributed by atoms with Gasteiger partial charge in [0.1, 0.15) is 0 Å². The van der Waals surface area contributed by atoms with Crippen LogP contribution in [0.5, 0.6) is 11.5 Å². The second-order valence-corrected chi connectivity index (χ2v) is 6.32. The largest absolute Gasteiger partial charge is 0.454 e. The van der Waals surface area contributed by atoms with E-state index in [1.165, 1.54) is 12.1 Å². The van der Waals surface area contributed by atoms with Crippen LogP contribution in [0, 0.1) is 0 Å². The van der Waals surface area contributed by atoms with Crippen LogP contribution in [-0.4, -0.2) is 30.4 Å². The van der Waals surface area contributed by atoms with Gasteiger partial charge in [-0.1, -0.05) is 17.8 Å². The van der Waals surface area contributed by atoms with Crippen molar-refractivity contribution in [1.29, 1.82) is 0 Å². The van der Waals surface area contributed by atoms with Crippen LogP contribution >= 0.6 is 11.8 Å².